The largest absolute Gasteiger partial charge is 0.457 e. The molecule has 0 amide bonds. The minimum atomic E-state index is -2.35. The van der Waals surface area contributed by atoms with E-state index in [1.807, 2.05) is 0 Å². The first-order valence-electron chi connectivity index (χ1n) is 13.7. The van der Waals surface area contributed by atoms with E-state index in [0.29, 0.717) is 11.8 Å². The molecule has 0 spiro atoms. The van der Waals surface area contributed by atoms with Gasteiger partial charge in [-0.1, -0.05) is 19.9 Å². The maximum absolute atomic E-state index is 17.4. The van der Waals surface area contributed by atoms with E-state index in [2.05, 4.69) is 0 Å². The van der Waals surface area contributed by atoms with Crippen LogP contribution in [0.1, 0.15) is 64.4 Å². The van der Waals surface area contributed by atoms with Crippen molar-refractivity contribution in [2.75, 3.05) is 6.01 Å². The summed E-state index contributed by atoms with van der Waals surface area (Å²) >= 11 is 0.352. The van der Waals surface area contributed by atoms with E-state index in [0.717, 1.165) is 6.08 Å². The van der Waals surface area contributed by atoms with Gasteiger partial charge >= 0.3 is 5.97 Å². The topological polar surface area (TPSA) is 114 Å². The zero-order valence-electron chi connectivity index (χ0n) is 23.7. The summed E-state index contributed by atoms with van der Waals surface area (Å²) in [5.74, 6) is -3.98. The molecule has 0 unspecified atom stereocenters. The lowest BCUT2D eigenvalue weighted by Gasteiger charge is -2.63. The number of allylic oxidation sites excluding steroid dienone is 4. The zero-order chi connectivity index (χ0) is 30.5. The Morgan fingerprint density at radius 3 is 2.49 bits per heavy atom. The van der Waals surface area contributed by atoms with Crippen molar-refractivity contribution in [1.82, 2.24) is 0 Å². The average Bonchev–Trinajstić information content (AvgIpc) is 3.49. The van der Waals surface area contributed by atoms with Crippen LogP contribution in [-0.4, -0.2) is 62.7 Å². The molecule has 5 rings (SSSR count). The number of fused-ring (bicyclic) bond motifs is 5. The zero-order valence-corrected chi connectivity index (χ0v) is 24.6. The summed E-state index contributed by atoms with van der Waals surface area (Å²) in [6.45, 7) is 8.24. The Kier molecular flexibility index (Phi) is 8.50. The highest BCUT2D eigenvalue weighted by Crippen LogP contribution is 2.72. The Morgan fingerprint density at radius 2 is 1.90 bits per heavy atom. The van der Waals surface area contributed by atoms with Crippen molar-refractivity contribution in [3.05, 3.63) is 48.0 Å². The van der Waals surface area contributed by atoms with Gasteiger partial charge in [-0.15, -0.1) is 0 Å². The Morgan fingerprint density at radius 1 is 1.24 bits per heavy atom. The minimum Gasteiger partial charge on any atom is -0.457 e. The second-order valence-corrected chi connectivity index (χ2v) is 13.1. The number of halogens is 3. The fourth-order valence-corrected chi connectivity index (χ4v) is 8.76. The number of carbonyl (C=O) groups excluding carboxylic acids is 3. The minimum absolute atomic E-state index is 0.00739. The van der Waals surface area contributed by atoms with Gasteiger partial charge in [0, 0.05) is 28.8 Å². The van der Waals surface area contributed by atoms with Crippen molar-refractivity contribution in [1.29, 1.82) is 0 Å². The SMILES string of the molecule is CC(C)O.C[C@@H]1C[C@H]2[C@@H]3C[C@H](F)C4=CC(=O)C=C[C@]4(C)[C@@]3(F)[C@@H](O)C[C@]2(C)[C@@]1(OC(=O)c1ccco1)C(=O)SCF. The highest BCUT2D eigenvalue weighted by molar-refractivity contribution is 8.13. The first-order chi connectivity index (χ1) is 19.1. The smallest absolute Gasteiger partial charge is 0.375 e. The van der Waals surface area contributed by atoms with Crippen LogP contribution < -0.4 is 0 Å². The summed E-state index contributed by atoms with van der Waals surface area (Å²) in [4.78, 5) is 38.7. The second-order valence-electron chi connectivity index (χ2n) is 12.2. The number of thioether (sulfide) groups is 1. The molecule has 41 heavy (non-hydrogen) atoms. The van der Waals surface area contributed by atoms with Crippen LogP contribution in [-0.2, 0) is 14.3 Å². The van der Waals surface area contributed by atoms with E-state index >= 15 is 8.78 Å². The third kappa shape index (κ3) is 4.63. The van der Waals surface area contributed by atoms with Gasteiger partial charge in [0.1, 0.15) is 12.2 Å². The summed E-state index contributed by atoms with van der Waals surface area (Å²) in [7, 11) is 0. The molecule has 0 radical (unpaired) electrons. The molecule has 0 aliphatic heterocycles. The Balaban J connectivity index is 0.000000909. The summed E-state index contributed by atoms with van der Waals surface area (Å²) in [5.41, 5.74) is -7.19. The molecule has 7 nitrogen and oxygen atoms in total. The number of ketones is 1. The number of carbonyl (C=O) groups is 3. The van der Waals surface area contributed by atoms with E-state index < -0.39 is 75.0 Å². The van der Waals surface area contributed by atoms with Crippen LogP contribution in [0.2, 0.25) is 0 Å². The first kappa shape index (κ1) is 31.6. The molecule has 226 valence electrons. The van der Waals surface area contributed by atoms with Crippen molar-refractivity contribution < 1.29 is 46.9 Å². The van der Waals surface area contributed by atoms with Gasteiger partial charge in [-0.2, -0.15) is 0 Å². The fourth-order valence-electron chi connectivity index (χ4n) is 7.97. The number of aliphatic hydroxyl groups is 2. The molecule has 3 fully saturated rings. The lowest BCUT2D eigenvalue weighted by Crippen LogP contribution is -2.70. The maximum atomic E-state index is 17.4. The molecule has 2 N–H and O–H groups in total. The van der Waals surface area contributed by atoms with Crippen LogP contribution in [0.15, 0.2) is 46.6 Å². The molecule has 3 saturated carbocycles. The normalized spacial score (nSPS) is 41.0. The van der Waals surface area contributed by atoms with Crippen molar-refractivity contribution in [2.24, 2.45) is 28.6 Å². The van der Waals surface area contributed by atoms with Crippen LogP contribution in [0.3, 0.4) is 0 Å². The number of alkyl halides is 3. The number of hydrogen-bond donors (Lipinski definition) is 2. The van der Waals surface area contributed by atoms with Gasteiger partial charge in [-0.05, 0) is 87.6 Å². The van der Waals surface area contributed by atoms with Gasteiger partial charge in [-0.25, -0.2) is 18.0 Å². The number of esters is 1. The Hall–Kier alpha value is -2.37. The predicted octanol–water partition coefficient (Wildman–Crippen LogP) is 5.31. The Labute approximate surface area is 241 Å². The van der Waals surface area contributed by atoms with E-state index in [-0.39, 0.29) is 36.7 Å². The molecule has 9 atom stereocenters. The molecule has 0 bridgehead atoms. The van der Waals surface area contributed by atoms with Gasteiger partial charge in [0.05, 0.1) is 12.4 Å². The number of rotatable bonds is 4. The van der Waals surface area contributed by atoms with E-state index in [4.69, 9.17) is 14.3 Å². The van der Waals surface area contributed by atoms with Crippen LogP contribution in [0.5, 0.6) is 0 Å². The predicted molar refractivity (Wildman–Crippen MR) is 146 cm³/mol. The third-order valence-corrected chi connectivity index (χ3v) is 10.3. The number of furan rings is 1. The van der Waals surface area contributed by atoms with E-state index in [1.54, 1.807) is 27.7 Å². The van der Waals surface area contributed by atoms with E-state index in [1.165, 1.54) is 37.5 Å². The van der Waals surface area contributed by atoms with Gasteiger partial charge in [0.25, 0.3) is 0 Å². The summed E-state index contributed by atoms with van der Waals surface area (Å²) in [5, 5.41) is 18.8. The average molecular weight is 599 g/mol. The van der Waals surface area contributed by atoms with Crippen LogP contribution in [0, 0.1) is 28.6 Å². The highest BCUT2D eigenvalue weighted by atomic mass is 32.2. The number of aliphatic hydroxyl groups excluding tert-OH is 2. The van der Waals surface area contributed by atoms with Crippen LogP contribution >= 0.6 is 11.8 Å². The van der Waals surface area contributed by atoms with E-state index in [9.17, 15) is 23.9 Å². The molecule has 0 aromatic carbocycles. The van der Waals surface area contributed by atoms with Crippen molar-refractivity contribution >= 4 is 28.6 Å². The number of hydrogen-bond acceptors (Lipinski definition) is 8. The van der Waals surface area contributed by atoms with Crippen LogP contribution in [0.4, 0.5) is 13.2 Å². The summed E-state index contributed by atoms with van der Waals surface area (Å²) in [6.07, 6.45) is 0.989. The molecule has 11 heteroatoms. The second kappa shape index (κ2) is 11.0. The van der Waals surface area contributed by atoms with Crippen molar-refractivity contribution in [3.63, 3.8) is 0 Å². The first-order valence-corrected chi connectivity index (χ1v) is 14.7. The summed E-state index contributed by atoms with van der Waals surface area (Å²) in [6, 6.07) is 1.78. The molecule has 1 aromatic rings. The molecular formula is C30H37F3O7S. The molecule has 1 aromatic heterocycles. The van der Waals surface area contributed by atoms with Crippen molar-refractivity contribution in [2.45, 2.75) is 83.5 Å². The molecule has 1 heterocycles. The molecule has 4 aliphatic rings. The molecule has 0 saturated heterocycles. The lowest BCUT2D eigenvalue weighted by molar-refractivity contribution is -0.221. The van der Waals surface area contributed by atoms with Gasteiger partial charge < -0.3 is 19.4 Å². The monoisotopic (exact) mass is 598 g/mol. The fraction of sp³-hybridized carbons (Fsp3) is 0.633. The maximum Gasteiger partial charge on any atom is 0.375 e. The van der Waals surface area contributed by atoms with Gasteiger partial charge in [0.2, 0.25) is 10.9 Å². The molecule has 4 aliphatic carbocycles. The molecular weight excluding hydrogens is 561 g/mol. The standard InChI is InChI=1S/C27H29F3O6S.C3H8O/c1-14-9-16-17-11-19(29)18-10-15(31)6-7-24(18,2)26(17,30)21(32)12-25(16,3)27(14,23(34)37-13-28)36-22(33)20-5-4-8-35-20;1-3(2)4/h4-8,10,14,16-17,19,21,32H,9,11-13H2,1-3H3;3-4H,1-2H3/t14-,16+,17+,19+,21+,24+,25+,26+,27+;/m1./s1. The highest BCUT2D eigenvalue weighted by Gasteiger charge is 2.78. The van der Waals surface area contributed by atoms with Gasteiger partial charge in [0.15, 0.2) is 17.1 Å². The van der Waals surface area contributed by atoms with Gasteiger partial charge in [-0.3, -0.25) is 9.59 Å². The summed E-state index contributed by atoms with van der Waals surface area (Å²) < 4.78 is 57.5. The van der Waals surface area contributed by atoms with Crippen LogP contribution in [0.25, 0.3) is 0 Å². The van der Waals surface area contributed by atoms with Crippen molar-refractivity contribution in [3.8, 4) is 0 Å². The quantitative estimate of drug-likeness (QED) is 0.448. The number of ether oxygens (including phenoxy) is 1. The Bertz CT molecular complexity index is 1250. The third-order valence-electron chi connectivity index (χ3n) is 9.63. The lowest BCUT2D eigenvalue weighted by atomic mass is 9.44.